The molecule has 0 radical (unpaired) electrons. The van der Waals surface area contributed by atoms with E-state index >= 15 is 0 Å². The molecule has 2 aromatic heterocycles. The molecule has 0 aromatic carbocycles. The summed E-state index contributed by atoms with van der Waals surface area (Å²) in [6.45, 7) is 0.794. The normalized spacial score (nSPS) is 37.0. The van der Waals surface area contributed by atoms with Gasteiger partial charge in [-0.15, -0.1) is 0 Å². The van der Waals surface area contributed by atoms with Gasteiger partial charge in [0.05, 0.1) is 24.6 Å². The molecular weight excluding hydrogens is 510 g/mol. The molecule has 5 rings (SSSR count). The number of rotatable bonds is 6. The largest absolute Gasteiger partial charge is 0.479 e. The topological polar surface area (TPSA) is 231 Å². The van der Waals surface area contributed by atoms with Crippen molar-refractivity contribution in [3.63, 3.8) is 0 Å². The molecule has 0 unspecified atom stereocenters. The lowest BCUT2D eigenvalue weighted by Crippen LogP contribution is -2.73. The number of hydrogen-bond donors (Lipinski definition) is 5. The first-order valence-electron chi connectivity index (χ1n) is 11.7. The van der Waals surface area contributed by atoms with E-state index in [0.29, 0.717) is 11.2 Å². The number of nitrogen functional groups attached to an aromatic ring is 1. The average molecular weight is 537 g/mol. The molecule has 206 valence electrons. The molecule has 5 heterocycles. The summed E-state index contributed by atoms with van der Waals surface area (Å²) in [6, 6.07) is 0. The molecule has 6 N–H and O–H groups in total. The molecule has 0 amide bonds. The zero-order valence-corrected chi connectivity index (χ0v) is 20.3. The number of carboxylic acids is 1. The highest BCUT2D eigenvalue weighted by atomic mass is 16.7. The Morgan fingerprint density at radius 3 is 2.74 bits per heavy atom. The molecule has 16 heteroatoms. The summed E-state index contributed by atoms with van der Waals surface area (Å²) in [5.41, 5.74) is 6.41. The number of esters is 1. The van der Waals surface area contributed by atoms with Gasteiger partial charge in [0.15, 0.2) is 29.9 Å². The maximum Gasteiger partial charge on any atom is 0.336 e. The van der Waals surface area contributed by atoms with Crippen LogP contribution >= 0.6 is 0 Å². The van der Waals surface area contributed by atoms with Gasteiger partial charge in [-0.3, -0.25) is 4.57 Å². The number of methoxy groups -OCH3 is 1. The zero-order valence-electron chi connectivity index (χ0n) is 20.3. The Balaban J connectivity index is 1.49. The van der Waals surface area contributed by atoms with Gasteiger partial charge in [-0.25, -0.2) is 24.5 Å². The van der Waals surface area contributed by atoms with E-state index in [1.54, 1.807) is 4.57 Å². The van der Waals surface area contributed by atoms with Crippen LogP contribution in [0.1, 0.15) is 19.6 Å². The van der Waals surface area contributed by atoms with E-state index in [9.17, 15) is 30.0 Å². The highest BCUT2D eigenvalue weighted by molar-refractivity contribution is 5.89. The van der Waals surface area contributed by atoms with E-state index in [2.05, 4.69) is 15.0 Å². The number of aliphatic hydroxyl groups is 3. The number of anilines is 1. The van der Waals surface area contributed by atoms with Gasteiger partial charge < -0.3 is 49.8 Å². The third-order valence-corrected chi connectivity index (χ3v) is 7.05. The van der Waals surface area contributed by atoms with Gasteiger partial charge in [0.1, 0.15) is 36.3 Å². The molecule has 0 bridgehead atoms. The number of allylic oxidation sites excluding steroid dienone is 1. The van der Waals surface area contributed by atoms with E-state index in [4.69, 9.17) is 29.4 Å². The van der Waals surface area contributed by atoms with Crippen LogP contribution in [-0.4, -0.2) is 114 Å². The second kappa shape index (κ2) is 9.81. The van der Waals surface area contributed by atoms with Gasteiger partial charge in [-0.05, 0) is 6.92 Å². The van der Waals surface area contributed by atoms with Crippen LogP contribution in [0.4, 0.5) is 5.82 Å². The Morgan fingerprint density at radius 1 is 1.32 bits per heavy atom. The monoisotopic (exact) mass is 537 g/mol. The molecule has 0 spiro atoms. The second-order valence-electron chi connectivity index (χ2n) is 9.09. The van der Waals surface area contributed by atoms with Crippen molar-refractivity contribution in [1.82, 2.24) is 19.5 Å². The highest BCUT2D eigenvalue weighted by Gasteiger charge is 2.67. The molecule has 0 saturated carbocycles. The van der Waals surface area contributed by atoms with Crippen molar-refractivity contribution in [3.05, 3.63) is 24.3 Å². The summed E-state index contributed by atoms with van der Waals surface area (Å²) in [7, 11) is 1.40. The van der Waals surface area contributed by atoms with E-state index < -0.39 is 73.3 Å². The number of nitrogens with two attached hydrogens (primary N) is 1. The van der Waals surface area contributed by atoms with Gasteiger partial charge in [-0.2, -0.15) is 0 Å². The Labute approximate surface area is 214 Å². The van der Waals surface area contributed by atoms with E-state index in [1.807, 2.05) is 0 Å². The third-order valence-electron chi connectivity index (χ3n) is 7.05. The minimum atomic E-state index is -2.49. The molecule has 3 aliphatic heterocycles. The van der Waals surface area contributed by atoms with Crippen molar-refractivity contribution >= 4 is 28.9 Å². The number of nitrogens with zero attached hydrogens (tertiary/aromatic N) is 4. The van der Waals surface area contributed by atoms with Crippen molar-refractivity contribution in [2.75, 3.05) is 19.5 Å². The number of ether oxygens (including phenoxy) is 5. The van der Waals surface area contributed by atoms with Crippen LogP contribution in [0.2, 0.25) is 0 Å². The van der Waals surface area contributed by atoms with E-state index in [-0.39, 0.29) is 17.8 Å². The fraction of sp³-hybridized carbons (Fsp3) is 0.591. The third kappa shape index (κ3) is 4.01. The smallest absolute Gasteiger partial charge is 0.336 e. The molecular formula is C22H27N5O11. The van der Waals surface area contributed by atoms with Crippen molar-refractivity contribution in [3.8, 4) is 0 Å². The second-order valence-corrected chi connectivity index (χ2v) is 9.09. The van der Waals surface area contributed by atoms with Crippen LogP contribution in [0, 0.1) is 0 Å². The first-order valence-corrected chi connectivity index (χ1v) is 11.7. The Kier molecular flexibility index (Phi) is 6.80. The lowest BCUT2D eigenvalue weighted by Gasteiger charge is -2.52. The molecule has 2 aromatic rings. The van der Waals surface area contributed by atoms with Gasteiger partial charge in [-0.1, -0.05) is 6.08 Å². The maximum absolute atomic E-state index is 12.6. The standard InChI is InChI=1S/C22H27N5O11/c1-3-8(5-28)21(32)37-16-12(29)14(20(30)31)36-10-4-9-13(38-22(10,16)33)15(34-2)19(35-9)27-7-26-11-17(23)24-6-25-18(11)27/h3,6-7,9-10,12-16,19,28-29,33H,4-5H2,1-2H3,(H,30,31)(H2,23,24,25)/b8-3+/t9-,10-,12-,13+,14+,15-,16+,19-,22-/m1/s1. The van der Waals surface area contributed by atoms with Crippen LogP contribution in [0.25, 0.3) is 11.2 Å². The predicted octanol–water partition coefficient (Wildman–Crippen LogP) is -2.14. The van der Waals surface area contributed by atoms with Gasteiger partial charge >= 0.3 is 11.9 Å². The SMILES string of the molecule is C/C=C(\CO)C(=O)O[C@H]1[C@H](O)[C@@H](C(=O)O)O[C@@H]2C[C@H]3O[C@@H](n4cnc5c(N)ncnc54)[C@H](OC)[C@H]3O[C@]21O. The fourth-order valence-electron chi connectivity index (χ4n) is 5.13. The Morgan fingerprint density at radius 2 is 2.08 bits per heavy atom. The van der Waals surface area contributed by atoms with E-state index in [1.165, 1.54) is 32.8 Å². The van der Waals surface area contributed by atoms with Gasteiger partial charge in [0.25, 0.3) is 0 Å². The summed E-state index contributed by atoms with van der Waals surface area (Å²) < 4.78 is 30.3. The first-order chi connectivity index (χ1) is 18.1. The lowest BCUT2D eigenvalue weighted by molar-refractivity contribution is -0.397. The fourth-order valence-corrected chi connectivity index (χ4v) is 5.13. The molecule has 3 aliphatic rings. The molecule has 16 nitrogen and oxygen atoms in total. The number of carbonyl (C=O) groups excluding carboxylic acids is 1. The van der Waals surface area contributed by atoms with Crippen LogP contribution in [0.15, 0.2) is 24.3 Å². The molecule has 9 atom stereocenters. The summed E-state index contributed by atoms with van der Waals surface area (Å²) in [5.74, 6) is -4.95. The number of hydrogen-bond acceptors (Lipinski definition) is 14. The van der Waals surface area contributed by atoms with E-state index in [0.717, 1.165) is 0 Å². The summed E-state index contributed by atoms with van der Waals surface area (Å²) in [5, 5.41) is 41.5. The number of fused-ring (bicyclic) bond motifs is 3. The maximum atomic E-state index is 12.6. The van der Waals surface area contributed by atoms with Gasteiger partial charge in [0.2, 0.25) is 5.79 Å². The van der Waals surface area contributed by atoms with Crippen molar-refractivity contribution in [2.45, 2.75) is 68.1 Å². The number of aliphatic carboxylic acids is 1. The number of aliphatic hydroxyl groups excluding tert-OH is 2. The number of aromatic nitrogens is 4. The van der Waals surface area contributed by atoms with Crippen LogP contribution in [0.5, 0.6) is 0 Å². The van der Waals surface area contributed by atoms with Crippen LogP contribution in [0.3, 0.4) is 0 Å². The Hall–Kier alpha value is -3.25. The number of imidazole rings is 1. The van der Waals surface area contributed by atoms with Crippen molar-refractivity contribution in [1.29, 1.82) is 0 Å². The molecule has 3 saturated heterocycles. The molecule has 3 fully saturated rings. The molecule has 38 heavy (non-hydrogen) atoms. The minimum Gasteiger partial charge on any atom is -0.479 e. The molecule has 0 aliphatic carbocycles. The summed E-state index contributed by atoms with van der Waals surface area (Å²) >= 11 is 0. The number of carboxylic acid groups (broad SMARTS) is 1. The highest BCUT2D eigenvalue weighted by Crippen LogP contribution is 2.47. The van der Waals surface area contributed by atoms with Crippen LogP contribution in [-0.2, 0) is 33.3 Å². The Bertz CT molecular complexity index is 1270. The van der Waals surface area contributed by atoms with Crippen molar-refractivity contribution in [2.24, 2.45) is 0 Å². The minimum absolute atomic E-state index is 0.109. The summed E-state index contributed by atoms with van der Waals surface area (Å²) in [6.07, 6.45) is -6.78. The first kappa shape index (κ1) is 26.4. The average Bonchev–Trinajstić information content (AvgIpc) is 3.46. The summed E-state index contributed by atoms with van der Waals surface area (Å²) in [4.78, 5) is 36.8. The lowest BCUT2D eigenvalue weighted by atomic mass is 9.84. The zero-order chi connectivity index (χ0) is 27.4. The van der Waals surface area contributed by atoms with Gasteiger partial charge in [0, 0.05) is 13.5 Å². The predicted molar refractivity (Wildman–Crippen MR) is 122 cm³/mol. The van der Waals surface area contributed by atoms with Crippen LogP contribution < -0.4 is 5.73 Å². The quantitative estimate of drug-likeness (QED) is 0.195. The van der Waals surface area contributed by atoms with Crippen molar-refractivity contribution < 1.29 is 53.7 Å². The number of carbonyl (C=O) groups is 2.